The van der Waals surface area contributed by atoms with Crippen LogP contribution in [0.2, 0.25) is 0 Å². The first-order chi connectivity index (χ1) is 16.0. The number of rotatable bonds is 9. The third-order valence-electron chi connectivity index (χ3n) is 6.32. The fourth-order valence-corrected chi connectivity index (χ4v) is 4.81. The van der Waals surface area contributed by atoms with Gasteiger partial charge in [0.2, 0.25) is 11.8 Å². The van der Waals surface area contributed by atoms with E-state index in [1.807, 2.05) is 22.1 Å². The van der Waals surface area contributed by atoms with Crippen molar-refractivity contribution in [3.63, 3.8) is 0 Å². The van der Waals surface area contributed by atoms with Crippen LogP contribution in [0.25, 0.3) is 0 Å². The van der Waals surface area contributed by atoms with Gasteiger partial charge in [0.25, 0.3) is 5.91 Å². The largest absolute Gasteiger partial charge is 0.496 e. The fraction of sp³-hybridized carbons (Fsp3) is 0.625. The van der Waals surface area contributed by atoms with Crippen LogP contribution in [-0.2, 0) is 9.59 Å². The Morgan fingerprint density at radius 3 is 2.36 bits per heavy atom. The summed E-state index contributed by atoms with van der Waals surface area (Å²) in [5.74, 6) is 1.08. The molecule has 0 bridgehead atoms. The van der Waals surface area contributed by atoms with E-state index in [0.717, 1.165) is 31.7 Å². The number of hydrogen-bond acceptors (Lipinski definition) is 6. The Labute approximate surface area is 201 Å². The minimum atomic E-state index is -0.587. The fourth-order valence-electron chi connectivity index (χ4n) is 4.34. The van der Waals surface area contributed by atoms with Crippen LogP contribution in [0.1, 0.15) is 36.0 Å². The first-order valence-electron chi connectivity index (χ1n) is 11.7. The van der Waals surface area contributed by atoms with Gasteiger partial charge in [0.15, 0.2) is 0 Å². The number of likely N-dealkylation sites (tertiary alicyclic amines) is 1. The molecule has 0 aliphatic carbocycles. The van der Waals surface area contributed by atoms with Crippen molar-refractivity contribution < 1.29 is 19.1 Å². The number of thioether (sulfide) groups is 1. The van der Waals surface area contributed by atoms with Gasteiger partial charge in [-0.05, 0) is 49.8 Å². The van der Waals surface area contributed by atoms with Gasteiger partial charge in [-0.2, -0.15) is 11.8 Å². The topological polar surface area (TPSA) is 82.2 Å². The van der Waals surface area contributed by atoms with Crippen molar-refractivity contribution in [2.75, 3.05) is 64.9 Å². The van der Waals surface area contributed by atoms with E-state index in [1.165, 1.54) is 13.5 Å². The molecule has 8 nitrogen and oxygen atoms in total. The predicted molar refractivity (Wildman–Crippen MR) is 131 cm³/mol. The van der Waals surface area contributed by atoms with Gasteiger partial charge in [-0.15, -0.1) is 0 Å². The number of benzene rings is 1. The highest BCUT2D eigenvalue weighted by Crippen LogP contribution is 2.18. The van der Waals surface area contributed by atoms with Gasteiger partial charge in [-0.25, -0.2) is 0 Å². The molecule has 2 saturated heterocycles. The second kappa shape index (κ2) is 12.8. The van der Waals surface area contributed by atoms with Gasteiger partial charge >= 0.3 is 0 Å². The summed E-state index contributed by atoms with van der Waals surface area (Å²) in [5.41, 5.74) is 0.419. The summed E-state index contributed by atoms with van der Waals surface area (Å²) in [7, 11) is 1.53. The Morgan fingerprint density at radius 1 is 1.00 bits per heavy atom. The van der Waals surface area contributed by atoms with E-state index in [1.54, 1.807) is 30.0 Å². The second-order valence-electron chi connectivity index (χ2n) is 8.55. The molecule has 182 valence electrons. The SMILES string of the molecule is COc1ccccc1C(=O)NC(CCSC)C(=O)N1CCN(CC(=O)N2CCCCC2)CC1. The molecule has 0 radical (unpaired) electrons. The summed E-state index contributed by atoms with van der Waals surface area (Å²) in [5, 5.41) is 2.93. The summed E-state index contributed by atoms with van der Waals surface area (Å²) in [6, 6.07) is 6.43. The third-order valence-corrected chi connectivity index (χ3v) is 6.96. The lowest BCUT2D eigenvalue weighted by Crippen LogP contribution is -2.56. The maximum Gasteiger partial charge on any atom is 0.255 e. The number of nitrogens with zero attached hydrogens (tertiary/aromatic N) is 3. The van der Waals surface area contributed by atoms with Gasteiger partial charge in [-0.1, -0.05) is 12.1 Å². The van der Waals surface area contributed by atoms with Crippen molar-refractivity contribution in [2.45, 2.75) is 31.7 Å². The molecule has 0 saturated carbocycles. The summed E-state index contributed by atoms with van der Waals surface area (Å²) in [6.07, 6.45) is 5.93. The zero-order chi connectivity index (χ0) is 23.6. The highest BCUT2D eigenvalue weighted by Gasteiger charge is 2.30. The van der Waals surface area contributed by atoms with Crippen molar-refractivity contribution in [1.29, 1.82) is 0 Å². The van der Waals surface area contributed by atoms with Crippen LogP contribution >= 0.6 is 11.8 Å². The van der Waals surface area contributed by atoms with Gasteiger partial charge in [0.1, 0.15) is 11.8 Å². The number of amides is 3. The van der Waals surface area contributed by atoms with Crippen LogP contribution in [0.15, 0.2) is 24.3 Å². The number of hydrogen-bond donors (Lipinski definition) is 1. The van der Waals surface area contributed by atoms with Crippen LogP contribution < -0.4 is 10.1 Å². The zero-order valence-corrected chi connectivity index (χ0v) is 20.6. The molecule has 0 aromatic heterocycles. The third kappa shape index (κ3) is 7.11. The summed E-state index contributed by atoms with van der Waals surface area (Å²) >= 11 is 1.65. The number of piperidine rings is 1. The summed E-state index contributed by atoms with van der Waals surface area (Å²) in [6.45, 7) is 4.60. The highest BCUT2D eigenvalue weighted by atomic mass is 32.2. The molecule has 9 heteroatoms. The van der Waals surface area contributed by atoms with Crippen LogP contribution in [0, 0.1) is 0 Å². The molecule has 0 spiro atoms. The molecule has 3 rings (SSSR count). The molecule has 3 amide bonds. The first kappa shape index (κ1) is 25.4. The molecular formula is C24H36N4O4S. The zero-order valence-electron chi connectivity index (χ0n) is 19.8. The maximum absolute atomic E-state index is 13.3. The van der Waals surface area contributed by atoms with Crippen molar-refractivity contribution >= 4 is 29.5 Å². The number of carbonyl (C=O) groups excluding carboxylic acids is 3. The van der Waals surface area contributed by atoms with E-state index in [9.17, 15) is 14.4 Å². The van der Waals surface area contributed by atoms with Crippen LogP contribution in [0.3, 0.4) is 0 Å². The van der Waals surface area contributed by atoms with Gasteiger partial charge in [0, 0.05) is 39.3 Å². The van der Waals surface area contributed by atoms with Crippen molar-refractivity contribution in [3.05, 3.63) is 29.8 Å². The van der Waals surface area contributed by atoms with Crippen molar-refractivity contribution in [1.82, 2.24) is 20.0 Å². The highest BCUT2D eigenvalue weighted by molar-refractivity contribution is 7.98. The number of piperazine rings is 1. The van der Waals surface area contributed by atoms with E-state index in [4.69, 9.17) is 4.74 Å². The maximum atomic E-state index is 13.3. The summed E-state index contributed by atoms with van der Waals surface area (Å²) < 4.78 is 5.30. The molecule has 2 heterocycles. The minimum Gasteiger partial charge on any atom is -0.496 e. The van der Waals surface area contributed by atoms with E-state index in [-0.39, 0.29) is 17.7 Å². The molecule has 1 atom stereocenters. The number of carbonyl (C=O) groups is 3. The second-order valence-corrected chi connectivity index (χ2v) is 9.54. The van der Waals surface area contributed by atoms with Crippen molar-refractivity contribution in [2.24, 2.45) is 0 Å². The normalized spacial score (nSPS) is 18.0. The van der Waals surface area contributed by atoms with Gasteiger partial charge in [0.05, 0.1) is 19.2 Å². The van der Waals surface area contributed by atoms with Crippen molar-refractivity contribution in [3.8, 4) is 5.75 Å². The van der Waals surface area contributed by atoms with E-state index in [2.05, 4.69) is 10.2 Å². The lowest BCUT2D eigenvalue weighted by molar-refractivity contribution is -0.136. The Kier molecular flexibility index (Phi) is 9.87. The minimum absolute atomic E-state index is 0.0608. The van der Waals surface area contributed by atoms with E-state index in [0.29, 0.717) is 50.5 Å². The lowest BCUT2D eigenvalue weighted by atomic mass is 10.1. The molecule has 1 unspecified atom stereocenters. The van der Waals surface area contributed by atoms with Gasteiger partial charge in [-0.3, -0.25) is 19.3 Å². The first-order valence-corrected chi connectivity index (χ1v) is 13.1. The summed E-state index contributed by atoms with van der Waals surface area (Å²) in [4.78, 5) is 44.6. The van der Waals surface area contributed by atoms with E-state index < -0.39 is 6.04 Å². The molecule has 33 heavy (non-hydrogen) atoms. The van der Waals surface area contributed by atoms with Crippen LogP contribution in [0.4, 0.5) is 0 Å². The Balaban J connectivity index is 1.55. The Morgan fingerprint density at radius 2 is 1.70 bits per heavy atom. The molecule has 2 aliphatic heterocycles. The monoisotopic (exact) mass is 476 g/mol. The molecule has 1 N–H and O–H groups in total. The average Bonchev–Trinajstić information content (AvgIpc) is 2.86. The molecule has 2 aliphatic rings. The number of methoxy groups -OCH3 is 1. The smallest absolute Gasteiger partial charge is 0.255 e. The lowest BCUT2D eigenvalue weighted by Gasteiger charge is -2.37. The Hall–Kier alpha value is -2.26. The molecule has 1 aromatic carbocycles. The van der Waals surface area contributed by atoms with Crippen LogP contribution in [-0.4, -0.2) is 103 Å². The average molecular weight is 477 g/mol. The van der Waals surface area contributed by atoms with Crippen LogP contribution in [0.5, 0.6) is 5.75 Å². The molecular weight excluding hydrogens is 440 g/mol. The molecule has 2 fully saturated rings. The molecule has 1 aromatic rings. The number of ether oxygens (including phenoxy) is 1. The van der Waals surface area contributed by atoms with E-state index >= 15 is 0 Å². The van der Waals surface area contributed by atoms with Gasteiger partial charge < -0.3 is 19.9 Å². The predicted octanol–water partition coefficient (Wildman–Crippen LogP) is 1.70. The number of nitrogens with one attached hydrogen (secondary N) is 1. The quantitative estimate of drug-likeness (QED) is 0.584. The standard InChI is InChI=1S/C24H36N4O4S/c1-32-21-9-5-4-8-19(21)23(30)25-20(10-17-33-2)24(31)28-15-13-26(14-16-28)18-22(29)27-11-6-3-7-12-27/h4-5,8-9,20H,3,6-7,10-18H2,1-2H3,(H,25,30). The Bertz CT molecular complexity index is 807. The number of para-hydroxylation sites is 1.